The molecule has 0 unspecified atom stereocenters. The molecule has 2 fully saturated rings. The Morgan fingerprint density at radius 2 is 1.97 bits per heavy atom. The summed E-state index contributed by atoms with van der Waals surface area (Å²) in [5.41, 5.74) is 0.976. The molecule has 5 rings (SSSR count). The number of aromatic nitrogens is 2. The summed E-state index contributed by atoms with van der Waals surface area (Å²) < 4.78 is 1.14. The van der Waals surface area contributed by atoms with Gasteiger partial charge in [0, 0.05) is 25.2 Å². The number of anilines is 1. The van der Waals surface area contributed by atoms with E-state index in [0.717, 1.165) is 66.2 Å². The van der Waals surface area contributed by atoms with Crippen molar-refractivity contribution in [2.24, 2.45) is 5.92 Å². The minimum Gasteiger partial charge on any atom is -0.384 e. The van der Waals surface area contributed by atoms with Crippen molar-refractivity contribution in [1.29, 1.82) is 0 Å². The number of nitrogens with zero attached hydrogens (tertiary/aromatic N) is 3. The Bertz CT molecular complexity index is 1030. The van der Waals surface area contributed by atoms with Crippen molar-refractivity contribution in [1.82, 2.24) is 14.9 Å². The molecule has 3 aromatic rings. The van der Waals surface area contributed by atoms with Crippen LogP contribution < -0.4 is 5.32 Å². The average Bonchev–Trinajstić information content (AvgIpc) is 3.45. The first-order chi connectivity index (χ1) is 15.6. The summed E-state index contributed by atoms with van der Waals surface area (Å²) in [6.45, 7) is 2.38. The number of Topliss-reactive ketones (excluding diaryl/α,β-unsaturated/α-hetero) is 1. The Morgan fingerprint density at radius 3 is 2.75 bits per heavy atom. The second-order valence-corrected chi connectivity index (χ2v) is 10.2. The van der Waals surface area contributed by atoms with E-state index in [1.54, 1.807) is 17.5 Å². The molecule has 1 aliphatic heterocycles. The van der Waals surface area contributed by atoms with Crippen LogP contribution in [-0.4, -0.2) is 51.4 Å². The highest BCUT2D eigenvalue weighted by molar-refractivity contribution is 7.22. The Balaban J connectivity index is 1.07. The number of fused-ring (bicyclic) bond motifs is 1. The van der Waals surface area contributed by atoms with Crippen LogP contribution in [0.25, 0.3) is 10.2 Å². The van der Waals surface area contributed by atoms with E-state index in [1.165, 1.54) is 0 Å². The third-order valence-electron chi connectivity index (χ3n) is 7.00. The van der Waals surface area contributed by atoms with Gasteiger partial charge in [0.1, 0.15) is 5.60 Å². The molecule has 7 heteroatoms. The molecule has 6 nitrogen and oxygen atoms in total. The number of pyridine rings is 1. The fourth-order valence-corrected chi connectivity index (χ4v) is 6.08. The van der Waals surface area contributed by atoms with Crippen LogP contribution in [0.15, 0.2) is 48.7 Å². The Morgan fingerprint density at radius 1 is 1.16 bits per heavy atom. The van der Waals surface area contributed by atoms with E-state index in [1.807, 2.05) is 36.4 Å². The molecule has 1 aliphatic carbocycles. The van der Waals surface area contributed by atoms with Gasteiger partial charge in [-0.3, -0.25) is 9.78 Å². The summed E-state index contributed by atoms with van der Waals surface area (Å²) in [6.07, 6.45) is 6.92. The standard InChI is InChI=1S/C25H30N4O2S/c30-20(16-27-24-28-21-5-1-2-6-22(21)32-24)15-18-10-14-29(17-18)19-8-11-25(31,12-9-19)23-7-3-4-13-26-23/h1-7,13,18-19,31H,8-12,14-17H2,(H,27,28)/t18-,19?,25?/m0/s1. The highest BCUT2D eigenvalue weighted by Gasteiger charge is 2.39. The molecule has 1 aromatic carbocycles. The van der Waals surface area contributed by atoms with Crippen LogP contribution in [0, 0.1) is 5.92 Å². The van der Waals surface area contributed by atoms with Gasteiger partial charge in [-0.2, -0.15) is 0 Å². The number of hydrogen-bond acceptors (Lipinski definition) is 7. The quantitative estimate of drug-likeness (QED) is 0.561. The largest absolute Gasteiger partial charge is 0.384 e. The van der Waals surface area contributed by atoms with Crippen molar-refractivity contribution in [3.8, 4) is 0 Å². The third-order valence-corrected chi connectivity index (χ3v) is 8.00. The number of carbonyl (C=O) groups excluding carboxylic acids is 1. The van der Waals surface area contributed by atoms with E-state index in [0.29, 0.717) is 24.9 Å². The number of nitrogens with one attached hydrogen (secondary N) is 1. The maximum atomic E-state index is 12.6. The number of ketones is 1. The fourth-order valence-electron chi connectivity index (χ4n) is 5.22. The molecule has 3 heterocycles. The average molecular weight is 451 g/mol. The number of hydrogen-bond donors (Lipinski definition) is 2. The molecule has 2 N–H and O–H groups in total. The van der Waals surface area contributed by atoms with Gasteiger partial charge in [-0.25, -0.2) is 4.98 Å². The summed E-state index contributed by atoms with van der Waals surface area (Å²) in [6, 6.07) is 14.3. The van der Waals surface area contributed by atoms with Crippen LogP contribution >= 0.6 is 11.3 Å². The zero-order chi connectivity index (χ0) is 22.0. The predicted molar refractivity (Wildman–Crippen MR) is 128 cm³/mol. The van der Waals surface area contributed by atoms with Gasteiger partial charge >= 0.3 is 0 Å². The lowest BCUT2D eigenvalue weighted by atomic mass is 9.79. The Labute approximate surface area is 192 Å². The van der Waals surface area contributed by atoms with Crippen LogP contribution in [0.1, 0.15) is 44.2 Å². The second kappa shape index (κ2) is 9.25. The van der Waals surface area contributed by atoms with Crippen LogP contribution in [0.2, 0.25) is 0 Å². The molecule has 2 aromatic heterocycles. The molecular formula is C25H30N4O2S. The summed E-state index contributed by atoms with van der Waals surface area (Å²) in [7, 11) is 0. The second-order valence-electron chi connectivity index (χ2n) is 9.21. The van der Waals surface area contributed by atoms with Gasteiger partial charge in [-0.05, 0) is 68.8 Å². The van der Waals surface area contributed by atoms with Crippen LogP contribution in [0.4, 0.5) is 5.13 Å². The number of likely N-dealkylation sites (tertiary alicyclic amines) is 1. The van der Waals surface area contributed by atoms with Gasteiger partial charge < -0.3 is 15.3 Å². The van der Waals surface area contributed by atoms with Crippen molar-refractivity contribution in [3.05, 3.63) is 54.4 Å². The first kappa shape index (κ1) is 21.5. The molecule has 1 atom stereocenters. The number of para-hydroxylation sites is 1. The lowest BCUT2D eigenvalue weighted by molar-refractivity contribution is -0.118. The van der Waals surface area contributed by atoms with Gasteiger partial charge in [0.25, 0.3) is 0 Å². The molecule has 0 spiro atoms. The molecule has 2 aliphatic rings. The Hall–Kier alpha value is -2.35. The van der Waals surface area contributed by atoms with Crippen molar-refractivity contribution >= 4 is 32.5 Å². The molecule has 0 radical (unpaired) electrons. The number of rotatable bonds is 7. The van der Waals surface area contributed by atoms with Gasteiger partial charge in [-0.15, -0.1) is 0 Å². The van der Waals surface area contributed by atoms with E-state index in [2.05, 4.69) is 26.3 Å². The third kappa shape index (κ3) is 4.70. The molecule has 0 amide bonds. The zero-order valence-electron chi connectivity index (χ0n) is 18.2. The number of aliphatic hydroxyl groups is 1. The predicted octanol–water partition coefficient (Wildman–Crippen LogP) is 4.21. The molecule has 1 saturated heterocycles. The van der Waals surface area contributed by atoms with E-state index in [-0.39, 0.29) is 5.78 Å². The monoisotopic (exact) mass is 450 g/mol. The van der Waals surface area contributed by atoms with Crippen molar-refractivity contribution in [2.75, 3.05) is 25.0 Å². The van der Waals surface area contributed by atoms with Crippen molar-refractivity contribution < 1.29 is 9.90 Å². The van der Waals surface area contributed by atoms with Crippen LogP contribution in [0.5, 0.6) is 0 Å². The van der Waals surface area contributed by atoms with E-state index in [4.69, 9.17) is 0 Å². The maximum Gasteiger partial charge on any atom is 0.184 e. The minimum absolute atomic E-state index is 0.254. The lowest BCUT2D eigenvalue weighted by Gasteiger charge is -2.39. The summed E-state index contributed by atoms with van der Waals surface area (Å²) in [5.74, 6) is 0.681. The summed E-state index contributed by atoms with van der Waals surface area (Å²) in [5, 5.41) is 15.1. The first-order valence-electron chi connectivity index (χ1n) is 11.6. The SMILES string of the molecule is O=C(CNc1nc2ccccc2s1)C[C@@H]1CCN(C2CCC(O)(c3ccccn3)CC2)C1. The highest BCUT2D eigenvalue weighted by Crippen LogP contribution is 2.39. The summed E-state index contributed by atoms with van der Waals surface area (Å²) >= 11 is 1.59. The van der Waals surface area contributed by atoms with E-state index in [9.17, 15) is 9.90 Å². The van der Waals surface area contributed by atoms with E-state index < -0.39 is 5.60 Å². The molecule has 168 valence electrons. The van der Waals surface area contributed by atoms with Gasteiger partial charge in [0.05, 0.1) is 22.5 Å². The number of carbonyl (C=O) groups is 1. The smallest absolute Gasteiger partial charge is 0.184 e. The Kier molecular flexibility index (Phi) is 6.22. The number of benzene rings is 1. The fraction of sp³-hybridized carbons (Fsp3) is 0.480. The highest BCUT2D eigenvalue weighted by atomic mass is 32.1. The normalized spacial score (nSPS) is 26.4. The lowest BCUT2D eigenvalue weighted by Crippen LogP contribution is -2.42. The van der Waals surface area contributed by atoms with Gasteiger partial charge in [-0.1, -0.05) is 29.5 Å². The zero-order valence-corrected chi connectivity index (χ0v) is 19.1. The number of thiazole rings is 1. The van der Waals surface area contributed by atoms with Crippen LogP contribution in [0.3, 0.4) is 0 Å². The van der Waals surface area contributed by atoms with Crippen molar-refractivity contribution in [3.63, 3.8) is 0 Å². The summed E-state index contributed by atoms with van der Waals surface area (Å²) in [4.78, 5) is 24.0. The molecule has 0 bridgehead atoms. The molecule has 1 saturated carbocycles. The molecular weight excluding hydrogens is 420 g/mol. The maximum absolute atomic E-state index is 12.6. The first-order valence-corrected chi connectivity index (χ1v) is 12.4. The molecule has 32 heavy (non-hydrogen) atoms. The van der Waals surface area contributed by atoms with Gasteiger partial charge in [0.15, 0.2) is 10.9 Å². The topological polar surface area (TPSA) is 78.4 Å². The van der Waals surface area contributed by atoms with E-state index >= 15 is 0 Å². The minimum atomic E-state index is -0.793. The van der Waals surface area contributed by atoms with Crippen molar-refractivity contribution in [2.45, 2.75) is 50.2 Å². The van der Waals surface area contributed by atoms with Crippen LogP contribution in [-0.2, 0) is 10.4 Å². The van der Waals surface area contributed by atoms with Gasteiger partial charge in [0.2, 0.25) is 0 Å².